The summed E-state index contributed by atoms with van der Waals surface area (Å²) >= 11 is 11.8. The highest BCUT2D eigenvalue weighted by Gasteiger charge is 2.30. The van der Waals surface area contributed by atoms with E-state index in [1.165, 1.54) is 57.8 Å². The minimum Gasteiger partial charge on any atom is -0.415 e. The van der Waals surface area contributed by atoms with E-state index in [0.29, 0.717) is 0 Å². The Labute approximate surface area is 131 Å². The van der Waals surface area contributed by atoms with Crippen molar-refractivity contribution >= 4 is 31.5 Å². The second-order valence-corrected chi connectivity index (χ2v) is 11.8. The van der Waals surface area contributed by atoms with Crippen molar-refractivity contribution in [1.29, 1.82) is 0 Å². The van der Waals surface area contributed by atoms with E-state index in [2.05, 4.69) is 20.0 Å². The largest absolute Gasteiger partial charge is 0.415 e. The summed E-state index contributed by atoms with van der Waals surface area (Å²) in [4.78, 5) is 0. The van der Waals surface area contributed by atoms with Crippen LogP contribution in [0, 0.1) is 0 Å². The molecule has 0 atom stereocenters. The summed E-state index contributed by atoms with van der Waals surface area (Å²) in [5.41, 5.74) is 0. The van der Waals surface area contributed by atoms with Gasteiger partial charge in [-0.05, 0) is 19.5 Å². The first-order chi connectivity index (χ1) is 9.00. The lowest BCUT2D eigenvalue weighted by atomic mass is 10.1. The molecule has 0 saturated carbocycles. The van der Waals surface area contributed by atoms with E-state index in [1.54, 1.807) is 0 Å². The summed E-state index contributed by atoms with van der Waals surface area (Å²) in [5.74, 6) is 0. The van der Waals surface area contributed by atoms with Gasteiger partial charge in [0.1, 0.15) is 4.46 Å². The predicted molar refractivity (Wildman–Crippen MR) is 90.8 cm³/mol. The van der Waals surface area contributed by atoms with Crippen molar-refractivity contribution in [2.75, 3.05) is 6.61 Å². The Hall–Kier alpha value is 0.757. The van der Waals surface area contributed by atoms with E-state index in [0.717, 1.165) is 13.0 Å². The number of alkyl halides is 2. The van der Waals surface area contributed by atoms with Gasteiger partial charge in [-0.15, -0.1) is 23.2 Å². The van der Waals surface area contributed by atoms with Crippen LogP contribution in [0.15, 0.2) is 0 Å². The quantitative estimate of drug-likeness (QED) is 0.214. The zero-order valence-corrected chi connectivity index (χ0v) is 15.5. The first kappa shape index (κ1) is 19.8. The van der Waals surface area contributed by atoms with Crippen LogP contribution in [0.3, 0.4) is 0 Å². The molecule has 0 bridgehead atoms. The van der Waals surface area contributed by atoms with Crippen LogP contribution in [0.2, 0.25) is 13.1 Å². The molecule has 0 fully saturated rings. The summed E-state index contributed by atoms with van der Waals surface area (Å²) in [6.07, 6.45) is 13.5. The van der Waals surface area contributed by atoms with E-state index < -0.39 is 8.32 Å². The number of halogens is 2. The fourth-order valence-electron chi connectivity index (χ4n) is 1.99. The van der Waals surface area contributed by atoms with Crippen molar-refractivity contribution in [3.05, 3.63) is 0 Å². The van der Waals surface area contributed by atoms with Gasteiger partial charge in [0, 0.05) is 6.61 Å². The van der Waals surface area contributed by atoms with Crippen LogP contribution in [0.5, 0.6) is 0 Å². The van der Waals surface area contributed by atoms with Crippen LogP contribution < -0.4 is 0 Å². The molecule has 0 rings (SSSR count). The summed E-state index contributed by atoms with van der Waals surface area (Å²) in [7, 11) is -1.84. The number of rotatable bonds is 13. The van der Waals surface area contributed by atoms with Gasteiger partial charge in [0.15, 0.2) is 0 Å². The van der Waals surface area contributed by atoms with Gasteiger partial charge in [0.2, 0.25) is 8.32 Å². The molecule has 4 heteroatoms. The fraction of sp³-hybridized carbons (Fsp3) is 1.00. The molecule has 0 radical (unpaired) electrons. The molecule has 0 aliphatic heterocycles. The highest BCUT2D eigenvalue weighted by Crippen LogP contribution is 2.20. The van der Waals surface area contributed by atoms with Gasteiger partial charge in [-0.3, -0.25) is 0 Å². The molecule has 0 aliphatic carbocycles. The molecule has 116 valence electrons. The van der Waals surface area contributed by atoms with Crippen LogP contribution in [-0.4, -0.2) is 19.4 Å². The molecule has 0 aromatic carbocycles. The van der Waals surface area contributed by atoms with Crippen molar-refractivity contribution in [3.63, 3.8) is 0 Å². The van der Waals surface area contributed by atoms with E-state index in [9.17, 15) is 0 Å². The third-order valence-electron chi connectivity index (χ3n) is 3.50. The van der Waals surface area contributed by atoms with Crippen LogP contribution in [0.1, 0.15) is 71.1 Å². The molecular formula is C15H32Cl2OSi. The van der Waals surface area contributed by atoms with Gasteiger partial charge >= 0.3 is 0 Å². The van der Waals surface area contributed by atoms with E-state index >= 15 is 0 Å². The molecule has 0 saturated heterocycles. The monoisotopic (exact) mass is 326 g/mol. The van der Waals surface area contributed by atoms with Crippen LogP contribution in [0.25, 0.3) is 0 Å². The zero-order chi connectivity index (χ0) is 14.6. The molecule has 1 nitrogen and oxygen atoms in total. The first-order valence-electron chi connectivity index (χ1n) is 7.93. The fourth-order valence-corrected chi connectivity index (χ4v) is 3.16. The molecule has 0 aromatic rings. The van der Waals surface area contributed by atoms with Crippen LogP contribution in [-0.2, 0) is 4.43 Å². The molecule has 0 unspecified atom stereocenters. The Kier molecular flexibility index (Phi) is 13.0. The number of unbranched alkanes of at least 4 members (excludes halogenated alkanes) is 9. The topological polar surface area (TPSA) is 9.23 Å². The Morgan fingerprint density at radius 2 is 1.21 bits per heavy atom. The lowest BCUT2D eigenvalue weighted by Gasteiger charge is -2.23. The Morgan fingerprint density at radius 1 is 0.789 bits per heavy atom. The maximum Gasteiger partial charge on any atom is 0.220 e. The molecule has 0 amide bonds. The van der Waals surface area contributed by atoms with Gasteiger partial charge in [-0.2, -0.15) is 0 Å². The maximum atomic E-state index is 5.91. The molecule has 0 aromatic heterocycles. The third kappa shape index (κ3) is 12.2. The molecule has 0 spiro atoms. The SMILES string of the molecule is CCCCCCCCCCCCO[Si](C)(C)C(Cl)Cl. The lowest BCUT2D eigenvalue weighted by Crippen LogP contribution is -2.38. The smallest absolute Gasteiger partial charge is 0.220 e. The highest BCUT2D eigenvalue weighted by molar-refractivity contribution is 6.87. The summed E-state index contributed by atoms with van der Waals surface area (Å²) in [6, 6.07) is 0. The minimum atomic E-state index is -1.84. The van der Waals surface area contributed by atoms with Gasteiger partial charge in [0.25, 0.3) is 0 Å². The average Bonchev–Trinajstić information content (AvgIpc) is 2.35. The summed E-state index contributed by atoms with van der Waals surface area (Å²) < 4.78 is 5.51. The maximum absolute atomic E-state index is 5.91. The standard InChI is InChI=1S/C15H32Cl2OSi/c1-4-5-6-7-8-9-10-11-12-13-14-18-19(2,3)15(16)17/h15H,4-14H2,1-3H3. The molecule has 19 heavy (non-hydrogen) atoms. The summed E-state index contributed by atoms with van der Waals surface area (Å²) in [5, 5.41) is 0. The average molecular weight is 327 g/mol. The van der Waals surface area contributed by atoms with Gasteiger partial charge < -0.3 is 4.43 Å². The Morgan fingerprint density at radius 3 is 1.63 bits per heavy atom. The van der Waals surface area contributed by atoms with Gasteiger partial charge in [0.05, 0.1) is 0 Å². The second-order valence-electron chi connectivity index (χ2n) is 5.93. The zero-order valence-electron chi connectivity index (χ0n) is 13.0. The van der Waals surface area contributed by atoms with Crippen molar-refractivity contribution in [3.8, 4) is 0 Å². The third-order valence-corrected chi connectivity index (χ3v) is 8.65. The second kappa shape index (κ2) is 12.5. The lowest BCUT2D eigenvalue weighted by molar-refractivity contribution is 0.296. The molecule has 0 aliphatic rings. The number of hydrogen-bond donors (Lipinski definition) is 0. The van der Waals surface area contributed by atoms with E-state index in [4.69, 9.17) is 27.6 Å². The summed E-state index contributed by atoms with van der Waals surface area (Å²) in [6.45, 7) is 7.25. The van der Waals surface area contributed by atoms with Crippen molar-refractivity contribution in [2.45, 2.75) is 88.7 Å². The van der Waals surface area contributed by atoms with Crippen molar-refractivity contribution in [1.82, 2.24) is 0 Å². The Bertz CT molecular complexity index is 199. The van der Waals surface area contributed by atoms with Gasteiger partial charge in [-0.25, -0.2) is 0 Å². The number of hydrogen-bond acceptors (Lipinski definition) is 1. The molecular weight excluding hydrogens is 295 g/mol. The van der Waals surface area contributed by atoms with Crippen molar-refractivity contribution < 1.29 is 4.43 Å². The first-order valence-corrected chi connectivity index (χ1v) is 11.8. The van der Waals surface area contributed by atoms with Crippen LogP contribution >= 0.6 is 23.2 Å². The predicted octanol–water partition coefficient (Wildman–Crippen LogP) is 6.47. The van der Waals surface area contributed by atoms with Crippen LogP contribution in [0.4, 0.5) is 0 Å². The highest BCUT2D eigenvalue weighted by atomic mass is 35.5. The molecule has 0 heterocycles. The molecule has 0 N–H and O–H groups in total. The van der Waals surface area contributed by atoms with Crippen molar-refractivity contribution in [2.24, 2.45) is 0 Å². The Balaban J connectivity index is 3.19. The van der Waals surface area contributed by atoms with Gasteiger partial charge in [-0.1, -0.05) is 64.7 Å². The normalized spacial score (nSPS) is 12.3. The van der Waals surface area contributed by atoms with E-state index in [-0.39, 0.29) is 4.46 Å². The van der Waals surface area contributed by atoms with E-state index in [1.807, 2.05) is 0 Å². The minimum absolute atomic E-state index is 0.323.